The second kappa shape index (κ2) is 30.7. The molecule has 46 heavy (non-hydrogen) atoms. The summed E-state index contributed by atoms with van der Waals surface area (Å²) in [7, 11) is 0. The molecule has 0 N–H and O–H groups in total. The van der Waals surface area contributed by atoms with Gasteiger partial charge in [0.2, 0.25) is 6.17 Å². The largest absolute Gasteiger partial charge is 0.244 e. The zero-order valence-corrected chi connectivity index (χ0v) is 31.0. The van der Waals surface area contributed by atoms with Crippen molar-refractivity contribution in [2.75, 3.05) is 0 Å². The lowest BCUT2D eigenvalue weighted by Gasteiger charge is -2.26. The monoisotopic (exact) mass is 634 g/mol. The average Bonchev–Trinajstić information content (AvgIpc) is 3.62. The van der Waals surface area contributed by atoms with Crippen molar-refractivity contribution < 1.29 is 0 Å². The van der Waals surface area contributed by atoms with Crippen LogP contribution in [0.4, 0.5) is 0 Å². The molecule has 2 nitrogen and oxygen atoms in total. The summed E-state index contributed by atoms with van der Waals surface area (Å²) in [5.74, 6) is 1.14. The molecule has 2 rings (SSSR count). The Morgan fingerprint density at radius 3 is 1.17 bits per heavy atom. The summed E-state index contributed by atoms with van der Waals surface area (Å²) < 4.78 is 0. The highest BCUT2D eigenvalue weighted by atomic mass is 15.0. The van der Waals surface area contributed by atoms with Gasteiger partial charge in [0.25, 0.3) is 0 Å². The fourth-order valence-electron chi connectivity index (χ4n) is 7.54. The molecule has 0 radical (unpaired) electrons. The molecule has 2 atom stereocenters. The highest BCUT2D eigenvalue weighted by Crippen LogP contribution is 2.37. The van der Waals surface area contributed by atoms with Crippen LogP contribution in [0.3, 0.4) is 0 Å². The molecule has 0 spiro atoms. The van der Waals surface area contributed by atoms with Gasteiger partial charge in [0.15, 0.2) is 12.4 Å². The minimum atomic E-state index is 0.495. The van der Waals surface area contributed by atoms with Gasteiger partial charge in [0.1, 0.15) is 0 Å². The summed E-state index contributed by atoms with van der Waals surface area (Å²) in [4.78, 5) is 9.54. The molecule has 0 aliphatic carbocycles. The zero-order valence-electron chi connectivity index (χ0n) is 31.0. The maximum Gasteiger partial charge on any atom is 0.244 e. The van der Waals surface area contributed by atoms with E-state index in [0.717, 1.165) is 12.6 Å². The fourth-order valence-corrected chi connectivity index (χ4v) is 7.54. The van der Waals surface area contributed by atoms with E-state index in [1.807, 2.05) is 12.4 Å². The van der Waals surface area contributed by atoms with Crippen LogP contribution < -0.4 is 0 Å². The van der Waals surface area contributed by atoms with E-state index < -0.39 is 0 Å². The Morgan fingerprint density at radius 1 is 0.435 bits per heavy atom. The number of rotatable bonds is 34. The van der Waals surface area contributed by atoms with Crippen LogP contribution >= 0.6 is 0 Å². The molecule has 1 aliphatic rings. The number of aliphatic imine (C=N–C) groups is 2. The Hall–Kier alpha value is -1.57. The lowest BCUT2D eigenvalue weighted by Crippen LogP contribution is -2.22. The summed E-state index contributed by atoms with van der Waals surface area (Å²) in [6, 6.07) is 11.2. The van der Waals surface area contributed by atoms with E-state index in [2.05, 4.69) is 44.2 Å². The van der Waals surface area contributed by atoms with Crippen molar-refractivity contribution in [3.8, 4) is 0 Å². The van der Waals surface area contributed by atoms with Crippen molar-refractivity contribution in [3.05, 3.63) is 42.1 Å². The maximum atomic E-state index is 4.77. The van der Waals surface area contributed by atoms with Gasteiger partial charge >= 0.3 is 0 Å². The van der Waals surface area contributed by atoms with Crippen LogP contribution in [0.2, 0.25) is 0 Å². The number of unbranched alkanes of at least 4 members (excludes halogenated alkanes) is 26. The minimum Gasteiger partial charge on any atom is -0.0965 e. The molecule has 1 heterocycles. The maximum absolute atomic E-state index is 4.77. The summed E-state index contributed by atoms with van der Waals surface area (Å²) >= 11 is 0. The van der Waals surface area contributed by atoms with E-state index in [1.165, 1.54) is 198 Å². The molecule has 0 fully saturated rings. The normalized spacial score (nSPS) is 14.0. The Labute approximate surface area is 288 Å². The molecule has 1 aliphatic heterocycles. The number of benzene rings is 1. The predicted molar refractivity (Wildman–Crippen MR) is 207 cm³/mol. The molecule has 1 aromatic carbocycles. The molecule has 2 unspecified atom stereocenters. The van der Waals surface area contributed by atoms with Gasteiger partial charge in [-0.05, 0) is 30.7 Å². The van der Waals surface area contributed by atoms with Gasteiger partial charge in [0, 0.05) is 0 Å². The van der Waals surface area contributed by atoms with Crippen molar-refractivity contribution in [2.24, 2.45) is 21.8 Å². The second-order valence-electron chi connectivity index (χ2n) is 14.7. The molecular weight excluding hydrogens is 556 g/mol. The van der Waals surface area contributed by atoms with Gasteiger partial charge in [-0.1, -0.05) is 234 Å². The average molecular weight is 634 g/mol. The first-order valence-corrected chi connectivity index (χ1v) is 20.8. The molecule has 262 valence electrons. The van der Waals surface area contributed by atoms with E-state index in [9.17, 15) is 0 Å². The van der Waals surface area contributed by atoms with Crippen LogP contribution in [-0.4, -0.2) is 12.4 Å². The number of hydrogen-bond acceptors (Lipinski definition) is 2. The van der Waals surface area contributed by atoms with Crippen molar-refractivity contribution in [3.63, 3.8) is 0 Å². The van der Waals surface area contributed by atoms with Gasteiger partial charge in [-0.25, -0.2) is 0 Å². The topological polar surface area (TPSA) is 24.7 Å². The van der Waals surface area contributed by atoms with Gasteiger partial charge in [-0.15, -0.1) is 0 Å². The lowest BCUT2D eigenvalue weighted by molar-refractivity contribution is 0.284. The fraction of sp³-hybridized carbons (Fsp3) is 0.795. The highest BCUT2D eigenvalue weighted by molar-refractivity contribution is 6.18. The first kappa shape index (κ1) is 40.6. The van der Waals surface area contributed by atoms with E-state index in [1.54, 1.807) is 0 Å². The van der Waals surface area contributed by atoms with Crippen molar-refractivity contribution in [1.29, 1.82) is 0 Å². The van der Waals surface area contributed by atoms with Gasteiger partial charge in [0.05, 0.1) is 5.92 Å². The molecule has 0 bridgehead atoms. The lowest BCUT2D eigenvalue weighted by atomic mass is 9.78. The van der Waals surface area contributed by atoms with Crippen molar-refractivity contribution in [1.82, 2.24) is 0 Å². The second-order valence-corrected chi connectivity index (χ2v) is 14.7. The van der Waals surface area contributed by atoms with Crippen LogP contribution in [0.5, 0.6) is 0 Å². The summed E-state index contributed by atoms with van der Waals surface area (Å²) in [5, 5.41) is 0. The quantitative estimate of drug-likeness (QED) is 0.0533. The van der Waals surface area contributed by atoms with Crippen LogP contribution in [0.15, 0.2) is 40.3 Å². The Kier molecular flexibility index (Phi) is 27.1. The van der Waals surface area contributed by atoms with Crippen LogP contribution in [0, 0.1) is 18.0 Å². The molecule has 0 amide bonds. The summed E-state index contributed by atoms with van der Waals surface area (Å²) in [5.41, 5.74) is 1.48. The summed E-state index contributed by atoms with van der Waals surface area (Å²) in [6.45, 7) is 4.61. The standard InChI is InChI=1S/C44H77N2/c1-3-5-7-9-11-13-15-17-19-21-23-25-27-32-36-42(40-41-34-30-29-31-35-41)43(44-45-38-39-46-44)37-33-28-26-24-22-20-18-16-14-12-10-8-6-4-2/h29-31,34-35,38-39,42-43H,3-28,32-33,36-37,40H2,1-2H3/q+1. The molecule has 0 aromatic heterocycles. The van der Waals surface area contributed by atoms with Crippen LogP contribution in [-0.2, 0) is 6.42 Å². The number of nitrogens with zero attached hydrogens (tertiary/aromatic N) is 2. The van der Waals surface area contributed by atoms with Crippen molar-refractivity contribution >= 4 is 12.4 Å². The molecular formula is C44H77N2+. The van der Waals surface area contributed by atoms with E-state index in [0.29, 0.717) is 11.8 Å². The van der Waals surface area contributed by atoms with Crippen LogP contribution in [0.1, 0.15) is 212 Å². The molecule has 2 heteroatoms. The van der Waals surface area contributed by atoms with E-state index in [-0.39, 0.29) is 0 Å². The third kappa shape index (κ3) is 22.1. The molecule has 0 saturated heterocycles. The minimum absolute atomic E-state index is 0.495. The SMILES string of the molecule is CCCCCCCCCCCCCCCCC(Cc1ccccc1)C(CCCCCCCCCCCCCCCC)[C+]1N=CC=N1. The van der Waals surface area contributed by atoms with Gasteiger partial charge in [-0.3, -0.25) is 0 Å². The first-order valence-electron chi connectivity index (χ1n) is 20.8. The Balaban J connectivity index is 1.64. The van der Waals surface area contributed by atoms with Crippen molar-refractivity contribution in [2.45, 2.75) is 213 Å². The van der Waals surface area contributed by atoms with E-state index in [4.69, 9.17) is 9.98 Å². The predicted octanol–water partition coefficient (Wildman–Crippen LogP) is 14.8. The summed E-state index contributed by atoms with van der Waals surface area (Å²) in [6.07, 6.45) is 48.5. The van der Waals surface area contributed by atoms with Gasteiger partial charge < -0.3 is 0 Å². The third-order valence-electron chi connectivity index (χ3n) is 10.5. The molecule has 1 aromatic rings. The Bertz CT molecular complexity index is 802. The van der Waals surface area contributed by atoms with Gasteiger partial charge in [-0.2, -0.15) is 0 Å². The first-order chi connectivity index (χ1) is 22.8. The number of hydrogen-bond donors (Lipinski definition) is 0. The molecule has 0 saturated carbocycles. The third-order valence-corrected chi connectivity index (χ3v) is 10.5. The van der Waals surface area contributed by atoms with Crippen LogP contribution in [0.25, 0.3) is 0 Å². The zero-order chi connectivity index (χ0) is 32.6. The smallest absolute Gasteiger partial charge is 0.0965 e. The highest BCUT2D eigenvalue weighted by Gasteiger charge is 2.35. The van der Waals surface area contributed by atoms with E-state index >= 15 is 0 Å². The Morgan fingerprint density at radius 2 is 0.783 bits per heavy atom.